The number of hydrogen-bond donors (Lipinski definition) is 0. The summed E-state index contributed by atoms with van der Waals surface area (Å²) in [6.45, 7) is 5.42. The van der Waals surface area contributed by atoms with E-state index < -0.39 is 0 Å². The van der Waals surface area contributed by atoms with Crippen LogP contribution in [0.25, 0.3) is 11.3 Å². The smallest absolute Gasteiger partial charge is 0.119 e. The third kappa shape index (κ3) is 8.56. The molecular weight excluding hydrogens is 392 g/mol. The highest BCUT2D eigenvalue weighted by atomic mass is 16.5. The number of aromatic nitrogens is 2. The molecule has 0 atom stereocenters. The molecule has 0 radical (unpaired) electrons. The van der Waals surface area contributed by atoms with E-state index in [1.54, 1.807) is 0 Å². The van der Waals surface area contributed by atoms with Crippen molar-refractivity contribution < 1.29 is 4.74 Å². The monoisotopic (exact) mass is 436 g/mol. The summed E-state index contributed by atoms with van der Waals surface area (Å²) in [6.07, 6.45) is 22.4. The van der Waals surface area contributed by atoms with Crippen molar-refractivity contribution in [1.82, 2.24) is 9.97 Å². The third-order valence-corrected chi connectivity index (χ3v) is 7.04. The van der Waals surface area contributed by atoms with Gasteiger partial charge in [0.15, 0.2) is 0 Å². The molecule has 0 saturated heterocycles. The molecule has 0 aliphatic heterocycles. The van der Waals surface area contributed by atoms with E-state index in [1.807, 2.05) is 12.4 Å². The minimum Gasteiger partial charge on any atom is -0.493 e. The van der Waals surface area contributed by atoms with Crippen molar-refractivity contribution in [3.05, 3.63) is 42.4 Å². The van der Waals surface area contributed by atoms with Crippen LogP contribution in [-0.2, 0) is 6.42 Å². The first-order chi connectivity index (χ1) is 15.8. The topological polar surface area (TPSA) is 35.0 Å². The number of benzene rings is 1. The number of hydrogen-bond acceptors (Lipinski definition) is 3. The fourth-order valence-electron chi connectivity index (χ4n) is 4.93. The zero-order chi connectivity index (χ0) is 22.4. The van der Waals surface area contributed by atoms with Crippen LogP contribution in [0.3, 0.4) is 0 Å². The van der Waals surface area contributed by atoms with E-state index in [0.717, 1.165) is 47.6 Å². The van der Waals surface area contributed by atoms with Gasteiger partial charge >= 0.3 is 0 Å². The van der Waals surface area contributed by atoms with Gasteiger partial charge in [0, 0.05) is 11.8 Å². The Labute approximate surface area is 196 Å². The highest BCUT2D eigenvalue weighted by Gasteiger charge is 2.21. The lowest BCUT2D eigenvalue weighted by atomic mass is 9.80. The molecule has 1 saturated carbocycles. The van der Waals surface area contributed by atoms with Gasteiger partial charge in [-0.15, -0.1) is 0 Å². The molecular formula is C29H44N2O. The molecule has 32 heavy (non-hydrogen) atoms. The standard InChI is InChI=1S/C29H44N2O/c1-3-5-6-7-8-9-10-12-27-21-31-29(22-30-27)26-17-19-28(20-18-26)32-23-25-15-13-24(11-4-2)14-16-25/h17-22,24-25H,3-16,23H2,1-2H3/t24-,25-. The molecule has 0 bridgehead atoms. The normalized spacial score (nSPS) is 18.6. The minimum atomic E-state index is 0.720. The number of unbranched alkanes of at least 4 members (excludes halogenated alkanes) is 6. The Morgan fingerprint density at radius 1 is 0.750 bits per heavy atom. The molecule has 0 amide bonds. The van der Waals surface area contributed by atoms with E-state index in [9.17, 15) is 0 Å². The maximum absolute atomic E-state index is 6.10. The van der Waals surface area contributed by atoms with Crippen molar-refractivity contribution in [2.75, 3.05) is 6.61 Å². The van der Waals surface area contributed by atoms with Gasteiger partial charge in [-0.2, -0.15) is 0 Å². The minimum absolute atomic E-state index is 0.720. The Morgan fingerprint density at radius 2 is 1.44 bits per heavy atom. The number of aryl methyl sites for hydroxylation is 1. The fraction of sp³-hybridized carbons (Fsp3) is 0.655. The number of ether oxygens (including phenoxy) is 1. The van der Waals surface area contributed by atoms with Gasteiger partial charge in [-0.1, -0.05) is 78.1 Å². The lowest BCUT2D eigenvalue weighted by molar-refractivity contribution is 0.178. The van der Waals surface area contributed by atoms with E-state index in [-0.39, 0.29) is 0 Å². The molecule has 3 rings (SSSR count). The van der Waals surface area contributed by atoms with Crippen molar-refractivity contribution in [3.63, 3.8) is 0 Å². The SMILES string of the molecule is CCCCCCCCCc1cnc(-c2ccc(OC[C@H]3CC[C@H](CCC)CC3)cc2)cn1. The average Bonchev–Trinajstić information content (AvgIpc) is 2.84. The lowest BCUT2D eigenvalue weighted by Crippen LogP contribution is -2.20. The van der Waals surface area contributed by atoms with Gasteiger partial charge in [-0.3, -0.25) is 9.97 Å². The summed E-state index contributed by atoms with van der Waals surface area (Å²) in [5.74, 6) is 2.64. The van der Waals surface area contributed by atoms with Crippen LogP contribution in [0, 0.1) is 11.8 Å². The van der Waals surface area contributed by atoms with Gasteiger partial charge in [0.25, 0.3) is 0 Å². The number of nitrogens with zero attached hydrogens (tertiary/aromatic N) is 2. The Hall–Kier alpha value is -1.90. The second kappa shape index (κ2) is 14.3. The highest BCUT2D eigenvalue weighted by molar-refractivity contribution is 5.58. The molecule has 1 aliphatic carbocycles. The summed E-state index contributed by atoms with van der Waals surface area (Å²) in [5.41, 5.74) is 3.15. The van der Waals surface area contributed by atoms with Gasteiger partial charge in [-0.05, 0) is 61.8 Å². The molecule has 176 valence electrons. The van der Waals surface area contributed by atoms with E-state index in [4.69, 9.17) is 4.74 Å². The van der Waals surface area contributed by atoms with Crippen molar-refractivity contribution in [1.29, 1.82) is 0 Å². The van der Waals surface area contributed by atoms with Crippen molar-refractivity contribution >= 4 is 0 Å². The second-order valence-corrected chi connectivity index (χ2v) is 9.78. The van der Waals surface area contributed by atoms with Gasteiger partial charge < -0.3 is 4.74 Å². The Morgan fingerprint density at radius 3 is 2.09 bits per heavy atom. The third-order valence-electron chi connectivity index (χ3n) is 7.04. The van der Waals surface area contributed by atoms with Gasteiger partial charge in [0.2, 0.25) is 0 Å². The fourth-order valence-corrected chi connectivity index (χ4v) is 4.93. The van der Waals surface area contributed by atoms with Crippen LogP contribution in [0.15, 0.2) is 36.7 Å². The first-order valence-corrected chi connectivity index (χ1v) is 13.3. The largest absolute Gasteiger partial charge is 0.493 e. The van der Waals surface area contributed by atoms with E-state index >= 15 is 0 Å². The Balaban J connectivity index is 1.37. The summed E-state index contributed by atoms with van der Waals surface area (Å²) < 4.78 is 6.10. The Kier molecular flexibility index (Phi) is 11.0. The molecule has 1 aliphatic rings. The first kappa shape index (κ1) is 24.7. The van der Waals surface area contributed by atoms with E-state index in [0.29, 0.717) is 0 Å². The van der Waals surface area contributed by atoms with E-state index in [1.165, 1.54) is 83.5 Å². The van der Waals surface area contributed by atoms with Crippen molar-refractivity contribution in [3.8, 4) is 17.0 Å². The summed E-state index contributed by atoms with van der Waals surface area (Å²) in [6, 6.07) is 8.36. The first-order valence-electron chi connectivity index (χ1n) is 13.3. The van der Waals surface area contributed by atoms with E-state index in [2.05, 4.69) is 48.1 Å². The molecule has 0 spiro atoms. The maximum Gasteiger partial charge on any atom is 0.119 e. The van der Waals surface area contributed by atoms with Gasteiger partial charge in [-0.25, -0.2) is 0 Å². The van der Waals surface area contributed by atoms with Crippen LogP contribution in [0.2, 0.25) is 0 Å². The molecule has 3 nitrogen and oxygen atoms in total. The zero-order valence-electron chi connectivity index (χ0n) is 20.5. The molecule has 0 unspecified atom stereocenters. The van der Waals surface area contributed by atoms with Crippen LogP contribution < -0.4 is 4.74 Å². The predicted octanol–water partition coefficient (Wildman–Crippen LogP) is 8.42. The summed E-state index contributed by atoms with van der Waals surface area (Å²) in [7, 11) is 0. The van der Waals surface area contributed by atoms with Gasteiger partial charge in [0.1, 0.15) is 5.75 Å². The molecule has 1 heterocycles. The predicted molar refractivity (Wildman–Crippen MR) is 135 cm³/mol. The summed E-state index contributed by atoms with van der Waals surface area (Å²) in [5, 5.41) is 0. The quantitative estimate of drug-likeness (QED) is 0.279. The maximum atomic E-state index is 6.10. The lowest BCUT2D eigenvalue weighted by Gasteiger charge is -2.28. The molecule has 2 aromatic rings. The summed E-state index contributed by atoms with van der Waals surface area (Å²) in [4.78, 5) is 9.30. The number of rotatable bonds is 14. The Bertz CT molecular complexity index is 733. The van der Waals surface area contributed by atoms with Crippen LogP contribution in [0.4, 0.5) is 0 Å². The second-order valence-electron chi connectivity index (χ2n) is 9.78. The average molecular weight is 437 g/mol. The van der Waals surface area contributed by atoms with Crippen molar-refractivity contribution in [2.24, 2.45) is 11.8 Å². The molecule has 3 heteroatoms. The van der Waals surface area contributed by atoms with Crippen LogP contribution >= 0.6 is 0 Å². The van der Waals surface area contributed by atoms with Crippen LogP contribution in [0.1, 0.15) is 103 Å². The van der Waals surface area contributed by atoms with Crippen LogP contribution in [-0.4, -0.2) is 16.6 Å². The molecule has 1 aromatic heterocycles. The zero-order valence-corrected chi connectivity index (χ0v) is 20.5. The molecule has 1 aromatic carbocycles. The summed E-state index contributed by atoms with van der Waals surface area (Å²) >= 11 is 0. The van der Waals surface area contributed by atoms with Crippen LogP contribution in [0.5, 0.6) is 5.75 Å². The highest BCUT2D eigenvalue weighted by Crippen LogP contribution is 2.32. The molecule has 0 N–H and O–H groups in total. The molecule has 1 fully saturated rings. The van der Waals surface area contributed by atoms with Crippen molar-refractivity contribution in [2.45, 2.75) is 104 Å². The van der Waals surface area contributed by atoms with Gasteiger partial charge in [0.05, 0.1) is 24.2 Å².